The van der Waals surface area contributed by atoms with Crippen LogP contribution in [0.1, 0.15) is 27.2 Å². The van der Waals surface area contributed by atoms with E-state index < -0.39 is 11.7 Å². The zero-order chi connectivity index (χ0) is 14.8. The first-order chi connectivity index (χ1) is 9.37. The number of nitrogens with zero attached hydrogens (tertiary/aromatic N) is 2. The van der Waals surface area contributed by atoms with Crippen molar-refractivity contribution in [1.29, 1.82) is 0 Å². The van der Waals surface area contributed by atoms with Crippen molar-refractivity contribution >= 4 is 23.4 Å². The number of ether oxygens (including phenoxy) is 1. The molecule has 106 valence electrons. The van der Waals surface area contributed by atoms with Gasteiger partial charge in [-0.15, -0.1) is 0 Å². The maximum Gasteiger partial charge on any atom is 0.434 e. The van der Waals surface area contributed by atoms with Gasteiger partial charge >= 0.3 is 6.09 Å². The number of amides is 2. The van der Waals surface area contributed by atoms with Crippen LogP contribution in [0.3, 0.4) is 0 Å². The average molecular weight is 274 g/mol. The van der Waals surface area contributed by atoms with Gasteiger partial charge in [0, 0.05) is 18.7 Å². The van der Waals surface area contributed by atoms with Crippen LogP contribution in [0, 0.1) is 0 Å². The van der Waals surface area contributed by atoms with E-state index in [9.17, 15) is 9.59 Å². The lowest BCUT2D eigenvalue weighted by Crippen LogP contribution is -2.28. The average Bonchev–Trinajstić information content (AvgIpc) is 2.70. The lowest BCUT2D eigenvalue weighted by molar-refractivity contribution is -0.111. The molecular formula is C15H18N2O3. The summed E-state index contributed by atoms with van der Waals surface area (Å²) in [5.74, 6) is -0.234. The standard InChI is InChI=1S/C15H18N2O3/c1-15(2,3)20-14(19)16-12-9-10-17(13(12)18)11-7-5-4-6-8-11/h4-8H,9-10H2,1-3H3/b16-12+. The van der Waals surface area contributed by atoms with E-state index in [-0.39, 0.29) is 11.6 Å². The van der Waals surface area contributed by atoms with Crippen LogP contribution in [0.2, 0.25) is 0 Å². The molecule has 1 aromatic rings. The van der Waals surface area contributed by atoms with Gasteiger partial charge in [-0.2, -0.15) is 4.99 Å². The topological polar surface area (TPSA) is 59.0 Å². The summed E-state index contributed by atoms with van der Waals surface area (Å²) in [4.78, 5) is 29.2. The quantitative estimate of drug-likeness (QED) is 0.791. The summed E-state index contributed by atoms with van der Waals surface area (Å²) < 4.78 is 5.09. The smallest absolute Gasteiger partial charge is 0.434 e. The predicted octanol–water partition coefficient (Wildman–Crippen LogP) is 2.80. The van der Waals surface area contributed by atoms with Crippen LogP contribution in [-0.4, -0.2) is 29.9 Å². The van der Waals surface area contributed by atoms with Crippen LogP contribution in [0.4, 0.5) is 10.5 Å². The second-order valence-electron chi connectivity index (χ2n) is 5.58. The highest BCUT2D eigenvalue weighted by atomic mass is 16.6. The number of hydrogen-bond acceptors (Lipinski definition) is 3. The third-order valence-electron chi connectivity index (χ3n) is 2.75. The highest BCUT2D eigenvalue weighted by molar-refractivity contribution is 6.47. The first-order valence-electron chi connectivity index (χ1n) is 6.54. The molecule has 0 radical (unpaired) electrons. The Labute approximate surface area is 118 Å². The summed E-state index contributed by atoms with van der Waals surface area (Å²) in [7, 11) is 0. The van der Waals surface area contributed by atoms with Crippen LogP contribution in [0.5, 0.6) is 0 Å². The second kappa shape index (κ2) is 5.45. The molecule has 1 saturated heterocycles. The van der Waals surface area contributed by atoms with E-state index in [1.807, 2.05) is 30.3 Å². The lowest BCUT2D eigenvalue weighted by Gasteiger charge is -2.17. The zero-order valence-electron chi connectivity index (χ0n) is 11.9. The summed E-state index contributed by atoms with van der Waals surface area (Å²) in [6.07, 6.45) is -0.261. The molecular weight excluding hydrogens is 256 g/mol. The van der Waals surface area contributed by atoms with Crippen LogP contribution < -0.4 is 4.90 Å². The maximum absolute atomic E-state index is 12.2. The van der Waals surface area contributed by atoms with Crippen molar-refractivity contribution in [3.05, 3.63) is 30.3 Å². The summed E-state index contributed by atoms with van der Waals surface area (Å²) in [5.41, 5.74) is 0.456. The molecule has 0 spiro atoms. The van der Waals surface area contributed by atoms with Gasteiger partial charge in [0.15, 0.2) is 0 Å². The van der Waals surface area contributed by atoms with Gasteiger partial charge in [-0.1, -0.05) is 18.2 Å². The fourth-order valence-electron chi connectivity index (χ4n) is 1.93. The number of rotatable bonds is 1. The zero-order valence-corrected chi connectivity index (χ0v) is 11.9. The van der Waals surface area contributed by atoms with Crippen LogP contribution in [-0.2, 0) is 9.53 Å². The molecule has 0 bridgehead atoms. The number of aliphatic imine (C=N–C) groups is 1. The molecule has 1 aromatic carbocycles. The highest BCUT2D eigenvalue weighted by Crippen LogP contribution is 2.20. The molecule has 1 aliphatic heterocycles. The molecule has 20 heavy (non-hydrogen) atoms. The van der Waals surface area contributed by atoms with Crippen LogP contribution >= 0.6 is 0 Å². The summed E-state index contributed by atoms with van der Waals surface area (Å²) >= 11 is 0. The van der Waals surface area contributed by atoms with E-state index in [4.69, 9.17) is 4.74 Å². The van der Waals surface area contributed by atoms with Gasteiger partial charge in [-0.05, 0) is 32.9 Å². The van der Waals surface area contributed by atoms with E-state index in [0.717, 1.165) is 5.69 Å². The van der Waals surface area contributed by atoms with Crippen molar-refractivity contribution in [1.82, 2.24) is 0 Å². The molecule has 1 fully saturated rings. The molecule has 0 atom stereocenters. The minimum absolute atomic E-state index is 0.234. The number of carbonyl (C=O) groups excluding carboxylic acids is 2. The van der Waals surface area contributed by atoms with Crippen molar-refractivity contribution in [2.24, 2.45) is 4.99 Å². The fraction of sp³-hybridized carbons (Fsp3) is 0.400. The van der Waals surface area contributed by atoms with Gasteiger partial charge in [-0.25, -0.2) is 4.79 Å². The lowest BCUT2D eigenvalue weighted by atomic mass is 10.2. The van der Waals surface area contributed by atoms with Gasteiger partial charge in [0.1, 0.15) is 11.3 Å². The Morgan fingerprint density at radius 3 is 2.50 bits per heavy atom. The molecule has 0 unspecified atom stereocenters. The predicted molar refractivity (Wildman–Crippen MR) is 77.1 cm³/mol. The molecule has 0 saturated carbocycles. The van der Waals surface area contributed by atoms with E-state index in [2.05, 4.69) is 4.99 Å². The van der Waals surface area contributed by atoms with Crippen molar-refractivity contribution in [3.8, 4) is 0 Å². The molecule has 5 nitrogen and oxygen atoms in total. The minimum atomic E-state index is -0.712. The maximum atomic E-state index is 12.2. The molecule has 0 N–H and O–H groups in total. The number of hydrogen-bond donors (Lipinski definition) is 0. The van der Waals surface area contributed by atoms with E-state index in [1.165, 1.54) is 0 Å². The van der Waals surface area contributed by atoms with Gasteiger partial charge in [0.05, 0.1) is 0 Å². The molecule has 2 amide bonds. The fourth-order valence-corrected chi connectivity index (χ4v) is 1.93. The van der Waals surface area contributed by atoms with E-state index in [1.54, 1.807) is 25.7 Å². The van der Waals surface area contributed by atoms with Gasteiger partial charge < -0.3 is 9.64 Å². The van der Waals surface area contributed by atoms with Crippen molar-refractivity contribution in [2.45, 2.75) is 32.8 Å². The Morgan fingerprint density at radius 1 is 1.25 bits per heavy atom. The summed E-state index contributed by atoms with van der Waals surface area (Å²) in [6, 6.07) is 9.33. The molecule has 1 heterocycles. The minimum Gasteiger partial charge on any atom is -0.442 e. The Morgan fingerprint density at radius 2 is 1.90 bits per heavy atom. The SMILES string of the molecule is CC(C)(C)OC(=O)/N=C1\CCN(c2ccccc2)C1=O. The number of para-hydroxylation sites is 1. The monoisotopic (exact) mass is 274 g/mol. The summed E-state index contributed by atoms with van der Waals surface area (Å²) in [6.45, 7) is 5.82. The van der Waals surface area contributed by atoms with E-state index in [0.29, 0.717) is 13.0 Å². The second-order valence-corrected chi connectivity index (χ2v) is 5.58. The van der Waals surface area contributed by atoms with Gasteiger partial charge in [0.2, 0.25) is 0 Å². The van der Waals surface area contributed by atoms with Crippen molar-refractivity contribution in [3.63, 3.8) is 0 Å². The highest BCUT2D eigenvalue weighted by Gasteiger charge is 2.30. The molecule has 1 aliphatic rings. The number of anilines is 1. The van der Waals surface area contributed by atoms with Gasteiger partial charge in [-0.3, -0.25) is 4.79 Å². The third-order valence-corrected chi connectivity index (χ3v) is 2.75. The molecule has 0 aromatic heterocycles. The molecule has 5 heteroatoms. The molecule has 2 rings (SSSR count). The Kier molecular flexibility index (Phi) is 3.88. The van der Waals surface area contributed by atoms with Crippen molar-refractivity contribution < 1.29 is 14.3 Å². The largest absolute Gasteiger partial charge is 0.442 e. The Hall–Kier alpha value is -2.17. The third kappa shape index (κ3) is 3.44. The van der Waals surface area contributed by atoms with Crippen LogP contribution in [0.15, 0.2) is 35.3 Å². The van der Waals surface area contributed by atoms with Gasteiger partial charge in [0.25, 0.3) is 5.91 Å². The Bertz CT molecular complexity index is 544. The van der Waals surface area contributed by atoms with Crippen molar-refractivity contribution in [2.75, 3.05) is 11.4 Å². The number of benzene rings is 1. The first kappa shape index (κ1) is 14.2. The van der Waals surface area contributed by atoms with Crippen LogP contribution in [0.25, 0.3) is 0 Å². The normalized spacial score (nSPS) is 17.6. The Balaban J connectivity index is 2.10. The number of carbonyl (C=O) groups is 2. The van der Waals surface area contributed by atoms with E-state index >= 15 is 0 Å². The summed E-state index contributed by atoms with van der Waals surface area (Å²) in [5, 5.41) is 0. The first-order valence-corrected chi connectivity index (χ1v) is 6.54. The molecule has 0 aliphatic carbocycles.